The molecule has 0 saturated carbocycles. The first-order valence-corrected chi connectivity index (χ1v) is 3.72. The number of alkyl halides is 3. The van der Waals surface area contributed by atoms with Crippen LogP contribution < -0.4 is 5.48 Å². The third kappa shape index (κ3) is 3.86. The Morgan fingerprint density at radius 3 is 2.20 bits per heavy atom. The van der Waals surface area contributed by atoms with Gasteiger partial charge in [0.1, 0.15) is 0 Å². The number of hydrogen-bond donors (Lipinski definition) is 2. The molecular weight excluding hydrogens is 215 g/mol. The molecule has 0 heterocycles. The van der Waals surface area contributed by atoms with Crippen LogP contribution in [0.25, 0.3) is 0 Å². The zero-order chi connectivity index (χ0) is 11.5. The van der Waals surface area contributed by atoms with Crippen molar-refractivity contribution >= 4 is 11.7 Å². The number of carboxylic acid groups (broad SMARTS) is 1. The molecule has 0 bridgehead atoms. The topological polar surface area (TPSA) is 58.6 Å². The van der Waals surface area contributed by atoms with E-state index in [9.17, 15) is 18.0 Å². The van der Waals surface area contributed by atoms with Crippen LogP contribution in [0.2, 0.25) is 0 Å². The summed E-state index contributed by atoms with van der Waals surface area (Å²) < 4.78 is 34.7. The molecule has 1 rings (SSSR count). The van der Waals surface area contributed by atoms with E-state index in [0.29, 0.717) is 0 Å². The molecule has 4 nitrogen and oxygen atoms in total. The second-order valence-corrected chi connectivity index (χ2v) is 2.53. The molecule has 7 heteroatoms. The van der Waals surface area contributed by atoms with E-state index < -0.39 is 12.3 Å². The van der Waals surface area contributed by atoms with Crippen molar-refractivity contribution in [3.05, 3.63) is 29.8 Å². The quantitative estimate of drug-likeness (QED) is 0.768. The standard InChI is InChI=1S/C8H6F3NO3/c9-8(10,11)15-12-6-3-1-5(2-4-6)7(13)14/h1-4,12H,(H,13,14). The maximum absolute atomic E-state index is 11.6. The number of rotatable bonds is 3. The van der Waals surface area contributed by atoms with Crippen LogP contribution in [-0.4, -0.2) is 17.4 Å². The molecule has 0 fully saturated rings. The normalized spacial score (nSPS) is 11.1. The Morgan fingerprint density at radius 2 is 1.80 bits per heavy atom. The number of hydrogen-bond acceptors (Lipinski definition) is 3. The van der Waals surface area contributed by atoms with Crippen molar-refractivity contribution in [1.29, 1.82) is 0 Å². The minimum absolute atomic E-state index is 0.0114. The Hall–Kier alpha value is -1.76. The first-order valence-electron chi connectivity index (χ1n) is 3.72. The second-order valence-electron chi connectivity index (χ2n) is 2.53. The van der Waals surface area contributed by atoms with Crippen molar-refractivity contribution < 1.29 is 27.9 Å². The average Bonchev–Trinajstić information content (AvgIpc) is 2.14. The molecule has 0 amide bonds. The number of carboxylic acids is 1. The summed E-state index contributed by atoms with van der Waals surface area (Å²) >= 11 is 0. The van der Waals surface area contributed by atoms with E-state index in [1.807, 2.05) is 0 Å². The number of halogens is 3. The summed E-state index contributed by atoms with van der Waals surface area (Å²) in [6, 6.07) is 4.64. The first kappa shape index (κ1) is 11.3. The molecule has 0 unspecified atom stereocenters. The van der Waals surface area contributed by atoms with Gasteiger partial charge in [0.15, 0.2) is 0 Å². The minimum atomic E-state index is -4.79. The van der Waals surface area contributed by atoms with Gasteiger partial charge in [-0.05, 0) is 24.3 Å². The lowest BCUT2D eigenvalue weighted by Crippen LogP contribution is -2.17. The minimum Gasteiger partial charge on any atom is -0.478 e. The molecule has 15 heavy (non-hydrogen) atoms. The Balaban J connectivity index is 2.61. The van der Waals surface area contributed by atoms with Gasteiger partial charge in [0, 0.05) is 0 Å². The Labute approximate surface area is 82.2 Å². The van der Waals surface area contributed by atoms with E-state index in [1.165, 1.54) is 0 Å². The van der Waals surface area contributed by atoms with Crippen molar-refractivity contribution in [1.82, 2.24) is 0 Å². The lowest BCUT2D eigenvalue weighted by molar-refractivity contribution is -0.311. The fraction of sp³-hybridized carbons (Fsp3) is 0.125. The molecule has 1 aromatic rings. The van der Waals surface area contributed by atoms with Gasteiger partial charge in [0.05, 0.1) is 11.3 Å². The van der Waals surface area contributed by atoms with Gasteiger partial charge in [-0.1, -0.05) is 0 Å². The fourth-order valence-corrected chi connectivity index (χ4v) is 0.798. The van der Waals surface area contributed by atoms with Gasteiger partial charge >= 0.3 is 12.3 Å². The smallest absolute Gasteiger partial charge is 0.478 e. The van der Waals surface area contributed by atoms with Crippen LogP contribution in [0.4, 0.5) is 18.9 Å². The summed E-state index contributed by atoms with van der Waals surface area (Å²) in [5.41, 5.74) is 1.62. The van der Waals surface area contributed by atoms with Gasteiger partial charge in [0.25, 0.3) is 0 Å². The zero-order valence-corrected chi connectivity index (χ0v) is 7.21. The molecule has 0 spiro atoms. The van der Waals surface area contributed by atoms with Gasteiger partial charge in [-0.25, -0.2) is 4.79 Å². The number of carbonyl (C=O) groups is 1. The van der Waals surface area contributed by atoms with Gasteiger partial charge < -0.3 is 5.11 Å². The lowest BCUT2D eigenvalue weighted by atomic mass is 10.2. The zero-order valence-electron chi connectivity index (χ0n) is 7.21. The van der Waals surface area contributed by atoms with Crippen molar-refractivity contribution in [3.63, 3.8) is 0 Å². The summed E-state index contributed by atoms with van der Waals surface area (Å²) in [4.78, 5) is 13.7. The predicted octanol–water partition coefficient (Wildman–Crippen LogP) is 2.25. The molecule has 0 radical (unpaired) electrons. The summed E-state index contributed by atoms with van der Waals surface area (Å²) in [5.74, 6) is -1.15. The third-order valence-corrected chi connectivity index (χ3v) is 1.42. The maximum Gasteiger partial charge on any atom is 0.543 e. The Bertz CT molecular complexity index is 347. The van der Waals surface area contributed by atoms with Crippen LogP contribution in [0.3, 0.4) is 0 Å². The van der Waals surface area contributed by atoms with Crippen molar-refractivity contribution in [2.75, 3.05) is 5.48 Å². The lowest BCUT2D eigenvalue weighted by Gasteiger charge is -2.08. The summed E-state index contributed by atoms with van der Waals surface area (Å²) in [6.07, 6.45) is -4.79. The van der Waals surface area contributed by atoms with Crippen LogP contribution in [0.5, 0.6) is 0 Å². The monoisotopic (exact) mass is 221 g/mol. The van der Waals surface area contributed by atoms with Crippen molar-refractivity contribution in [2.45, 2.75) is 6.36 Å². The van der Waals surface area contributed by atoms with Crippen LogP contribution >= 0.6 is 0 Å². The Kier molecular flexibility index (Phi) is 3.15. The van der Waals surface area contributed by atoms with Crippen molar-refractivity contribution in [2.24, 2.45) is 0 Å². The van der Waals surface area contributed by atoms with Gasteiger partial charge in [-0.15, -0.1) is 13.2 Å². The summed E-state index contributed by atoms with van der Waals surface area (Å²) in [5, 5.41) is 8.50. The molecule has 82 valence electrons. The van der Waals surface area contributed by atoms with Gasteiger partial charge in [0.2, 0.25) is 0 Å². The Morgan fingerprint density at radius 1 is 1.27 bits per heavy atom. The molecule has 1 aromatic carbocycles. The molecule has 0 aromatic heterocycles. The third-order valence-electron chi connectivity index (χ3n) is 1.42. The van der Waals surface area contributed by atoms with E-state index in [1.54, 1.807) is 5.48 Å². The molecule has 0 atom stereocenters. The molecular formula is C8H6F3NO3. The van der Waals surface area contributed by atoms with Crippen LogP contribution in [-0.2, 0) is 4.84 Å². The van der Waals surface area contributed by atoms with E-state index in [4.69, 9.17) is 5.11 Å². The van der Waals surface area contributed by atoms with Crippen LogP contribution in [0.15, 0.2) is 24.3 Å². The van der Waals surface area contributed by atoms with Crippen molar-refractivity contribution in [3.8, 4) is 0 Å². The molecule has 0 aliphatic carbocycles. The number of anilines is 1. The number of nitrogens with one attached hydrogen (secondary N) is 1. The number of aromatic carboxylic acids is 1. The van der Waals surface area contributed by atoms with E-state index in [-0.39, 0.29) is 11.3 Å². The van der Waals surface area contributed by atoms with E-state index in [2.05, 4.69) is 4.84 Å². The maximum atomic E-state index is 11.6. The fourth-order valence-electron chi connectivity index (χ4n) is 0.798. The molecule has 2 N–H and O–H groups in total. The van der Waals surface area contributed by atoms with Crippen LogP contribution in [0.1, 0.15) is 10.4 Å². The van der Waals surface area contributed by atoms with Gasteiger partial charge in [-0.2, -0.15) is 4.84 Å². The second kappa shape index (κ2) is 4.18. The average molecular weight is 221 g/mol. The molecule has 0 aliphatic heterocycles. The highest BCUT2D eigenvalue weighted by Gasteiger charge is 2.30. The molecule has 0 aliphatic rings. The predicted molar refractivity (Wildman–Crippen MR) is 44.2 cm³/mol. The highest BCUT2D eigenvalue weighted by Crippen LogP contribution is 2.18. The molecule has 0 saturated heterocycles. The summed E-state index contributed by atoms with van der Waals surface area (Å²) in [6.45, 7) is 0. The highest BCUT2D eigenvalue weighted by atomic mass is 19.4. The SMILES string of the molecule is O=C(O)c1ccc(NOC(F)(F)F)cc1. The number of benzene rings is 1. The largest absolute Gasteiger partial charge is 0.543 e. The summed E-state index contributed by atoms with van der Waals surface area (Å²) in [7, 11) is 0. The van der Waals surface area contributed by atoms with E-state index in [0.717, 1.165) is 24.3 Å². The first-order chi connectivity index (χ1) is 6.88. The van der Waals surface area contributed by atoms with E-state index >= 15 is 0 Å². The van der Waals surface area contributed by atoms with Gasteiger partial charge in [-0.3, -0.25) is 5.48 Å². The van der Waals surface area contributed by atoms with Crippen LogP contribution in [0, 0.1) is 0 Å². The highest BCUT2D eigenvalue weighted by molar-refractivity contribution is 5.87.